The zero-order valence-electron chi connectivity index (χ0n) is 27.2. The smallest absolute Gasteiger partial charge is 0.0484 e. The van der Waals surface area contributed by atoms with Crippen LogP contribution in [0.5, 0.6) is 0 Å². The second-order valence-electron chi connectivity index (χ2n) is 12.2. The van der Waals surface area contributed by atoms with Crippen molar-refractivity contribution in [3.8, 4) is 11.1 Å². The molecule has 2 aromatic heterocycles. The van der Waals surface area contributed by atoms with Crippen LogP contribution in [-0.2, 0) is 14.1 Å². The Balaban J connectivity index is 0.000000121. The van der Waals surface area contributed by atoms with Crippen LogP contribution in [0.15, 0.2) is 156 Å². The molecule has 0 saturated carbocycles. The highest BCUT2D eigenvalue weighted by Crippen LogP contribution is 2.37. The van der Waals surface area contributed by atoms with Crippen LogP contribution in [-0.4, -0.2) is 9.13 Å². The van der Waals surface area contributed by atoms with E-state index in [0.29, 0.717) is 0 Å². The molecule has 0 N–H and O–H groups in total. The molecule has 2 heterocycles. The average molecular weight is 674 g/mol. The molecular weight excluding hydrogens is 636 g/mol. The number of fused-ring (bicyclic) bond motifs is 8. The summed E-state index contributed by atoms with van der Waals surface area (Å²) in [6.45, 7) is 4.31. The van der Waals surface area contributed by atoms with Crippen LogP contribution in [0.2, 0.25) is 0 Å². The van der Waals surface area contributed by atoms with Crippen LogP contribution in [0.4, 0.5) is 0 Å². The molecule has 0 bridgehead atoms. The lowest BCUT2D eigenvalue weighted by Gasteiger charge is -2.11. The minimum atomic E-state index is 1.14. The molecule has 0 aliphatic heterocycles. The number of benzene rings is 7. The van der Waals surface area contributed by atoms with E-state index in [9.17, 15) is 0 Å². The van der Waals surface area contributed by atoms with E-state index in [1.807, 2.05) is 18.2 Å². The summed E-state index contributed by atoms with van der Waals surface area (Å²) in [5, 5.41) is 10.6. The molecule has 7 aromatic carbocycles. The van der Waals surface area contributed by atoms with Gasteiger partial charge in [-0.25, -0.2) is 0 Å². The van der Waals surface area contributed by atoms with Gasteiger partial charge in [0.05, 0.1) is 0 Å². The Morgan fingerprint density at radius 3 is 1.47 bits per heavy atom. The third-order valence-corrected chi connectivity index (χ3v) is 9.90. The number of hydrogen-bond donors (Lipinski definition) is 0. The molecule has 230 valence electrons. The highest BCUT2D eigenvalue weighted by atomic mass is 79.9. The van der Waals surface area contributed by atoms with E-state index in [1.54, 1.807) is 0 Å². The first-order valence-electron chi connectivity index (χ1n) is 16.0. The van der Waals surface area contributed by atoms with E-state index in [0.717, 1.165) is 4.47 Å². The van der Waals surface area contributed by atoms with Gasteiger partial charge in [0.25, 0.3) is 0 Å². The maximum atomic E-state index is 3.53. The minimum Gasteiger partial charge on any atom is -0.351 e. The summed E-state index contributed by atoms with van der Waals surface area (Å²) in [5.74, 6) is 0. The molecular formula is C44H37BrN2. The first-order valence-corrected chi connectivity index (χ1v) is 16.8. The number of aryl methyl sites for hydroxylation is 4. The molecule has 0 spiro atoms. The normalized spacial score (nSPS) is 11.1. The van der Waals surface area contributed by atoms with Crippen molar-refractivity contribution in [2.75, 3.05) is 0 Å². The summed E-state index contributed by atoms with van der Waals surface area (Å²) in [6.07, 6.45) is 4.23. The van der Waals surface area contributed by atoms with Gasteiger partial charge in [0.2, 0.25) is 0 Å². The lowest BCUT2D eigenvalue weighted by molar-refractivity contribution is 0.968. The summed E-state index contributed by atoms with van der Waals surface area (Å²) in [4.78, 5) is 0. The standard InChI is InChI=1S/C21H15N.C12H9Br.C11H13N/c1-22-11-10-14-12-19-17-8-4-2-6-15(17)16-7-3-5-9-18(16)20(19)13-21(14)22;13-12-9-5-4-8-11(12)10-6-2-1-3-7-10;1-8-6-10-4-5-12(3)11(10)7-9(8)2/h2-13H,1H3;1-9H;4-7H,1-3H3. The van der Waals surface area contributed by atoms with Crippen molar-refractivity contribution in [3.05, 3.63) is 168 Å². The molecule has 0 aliphatic carbocycles. The fraction of sp³-hybridized carbons (Fsp3) is 0.0909. The number of hydrogen-bond acceptors (Lipinski definition) is 0. The summed E-state index contributed by atoms with van der Waals surface area (Å²) in [5.41, 5.74) is 7.82. The SMILES string of the molecule is Brc1ccccc1-c1ccccc1.Cc1cc2ccn(C)c2cc1C.Cn1ccc2cc3c4ccccc4c4ccccc4c3cc21. The Bertz CT molecular complexity index is 2520. The predicted molar refractivity (Wildman–Crippen MR) is 207 cm³/mol. The van der Waals surface area contributed by atoms with Crippen molar-refractivity contribution in [3.63, 3.8) is 0 Å². The van der Waals surface area contributed by atoms with Crippen LogP contribution in [0.3, 0.4) is 0 Å². The Kier molecular flexibility index (Phi) is 8.41. The van der Waals surface area contributed by atoms with Crippen LogP contribution in [0.25, 0.3) is 65.3 Å². The van der Waals surface area contributed by atoms with Gasteiger partial charge in [-0.05, 0) is 116 Å². The van der Waals surface area contributed by atoms with Gasteiger partial charge >= 0.3 is 0 Å². The Hall–Kier alpha value is -5.12. The van der Waals surface area contributed by atoms with Gasteiger partial charge in [0, 0.05) is 47.4 Å². The summed E-state index contributed by atoms with van der Waals surface area (Å²) in [6, 6.07) is 49.5. The van der Waals surface area contributed by atoms with Crippen molar-refractivity contribution < 1.29 is 0 Å². The van der Waals surface area contributed by atoms with E-state index in [-0.39, 0.29) is 0 Å². The number of nitrogens with zero attached hydrogens (tertiary/aromatic N) is 2. The van der Waals surface area contributed by atoms with Crippen molar-refractivity contribution >= 4 is 70.1 Å². The lowest BCUT2D eigenvalue weighted by atomic mass is 9.93. The highest BCUT2D eigenvalue weighted by Gasteiger charge is 2.10. The summed E-state index contributed by atoms with van der Waals surface area (Å²) >= 11 is 3.53. The molecule has 0 amide bonds. The van der Waals surface area contributed by atoms with E-state index in [1.165, 1.54) is 76.4 Å². The summed E-state index contributed by atoms with van der Waals surface area (Å²) < 4.78 is 5.49. The lowest BCUT2D eigenvalue weighted by Crippen LogP contribution is -1.86. The first kappa shape index (κ1) is 30.5. The molecule has 0 aliphatic rings. The van der Waals surface area contributed by atoms with Crippen molar-refractivity contribution in [2.45, 2.75) is 13.8 Å². The van der Waals surface area contributed by atoms with E-state index in [2.05, 4.69) is 187 Å². The third-order valence-electron chi connectivity index (χ3n) is 9.21. The van der Waals surface area contributed by atoms with E-state index in [4.69, 9.17) is 0 Å². The molecule has 2 nitrogen and oxygen atoms in total. The van der Waals surface area contributed by atoms with Crippen LogP contribution >= 0.6 is 15.9 Å². The van der Waals surface area contributed by atoms with E-state index < -0.39 is 0 Å². The number of halogens is 1. The maximum Gasteiger partial charge on any atom is 0.0484 e. The predicted octanol–water partition coefficient (Wildman–Crippen LogP) is 12.5. The van der Waals surface area contributed by atoms with Gasteiger partial charge < -0.3 is 9.13 Å². The van der Waals surface area contributed by atoms with Crippen molar-refractivity contribution in [2.24, 2.45) is 14.1 Å². The molecule has 0 radical (unpaired) electrons. The van der Waals surface area contributed by atoms with Crippen molar-refractivity contribution in [1.82, 2.24) is 9.13 Å². The summed E-state index contributed by atoms with van der Waals surface area (Å²) in [7, 11) is 4.19. The molecule has 47 heavy (non-hydrogen) atoms. The van der Waals surface area contributed by atoms with Gasteiger partial charge in [0.15, 0.2) is 0 Å². The topological polar surface area (TPSA) is 9.86 Å². The zero-order valence-corrected chi connectivity index (χ0v) is 28.8. The van der Waals surface area contributed by atoms with Gasteiger partial charge in [-0.1, -0.05) is 113 Å². The fourth-order valence-corrected chi connectivity index (χ4v) is 7.03. The average Bonchev–Trinajstić information content (AvgIpc) is 3.66. The highest BCUT2D eigenvalue weighted by molar-refractivity contribution is 9.10. The molecule has 9 aromatic rings. The monoisotopic (exact) mass is 672 g/mol. The number of rotatable bonds is 1. The maximum absolute atomic E-state index is 3.53. The van der Waals surface area contributed by atoms with Crippen LogP contribution in [0, 0.1) is 13.8 Å². The van der Waals surface area contributed by atoms with Gasteiger partial charge in [-0.15, -0.1) is 0 Å². The number of aromatic nitrogens is 2. The fourth-order valence-electron chi connectivity index (χ4n) is 6.52. The minimum absolute atomic E-state index is 1.14. The second kappa shape index (κ2) is 12.9. The zero-order chi connectivity index (χ0) is 32.5. The molecule has 0 fully saturated rings. The first-order chi connectivity index (χ1) is 22.9. The molecule has 0 unspecified atom stereocenters. The quantitative estimate of drug-likeness (QED) is 0.154. The largest absolute Gasteiger partial charge is 0.351 e. The molecule has 0 saturated heterocycles. The van der Waals surface area contributed by atoms with Gasteiger partial charge in [0.1, 0.15) is 0 Å². The van der Waals surface area contributed by atoms with E-state index >= 15 is 0 Å². The Morgan fingerprint density at radius 2 is 0.872 bits per heavy atom. The van der Waals surface area contributed by atoms with Gasteiger partial charge in [-0.2, -0.15) is 0 Å². The van der Waals surface area contributed by atoms with Crippen molar-refractivity contribution in [1.29, 1.82) is 0 Å². The van der Waals surface area contributed by atoms with Crippen LogP contribution < -0.4 is 0 Å². The van der Waals surface area contributed by atoms with Gasteiger partial charge in [-0.3, -0.25) is 0 Å². The third kappa shape index (κ3) is 5.95. The Labute approximate surface area is 284 Å². The Morgan fingerprint density at radius 1 is 0.426 bits per heavy atom. The molecule has 9 rings (SSSR count). The molecule has 0 atom stereocenters. The second-order valence-corrected chi connectivity index (χ2v) is 13.1. The molecule has 3 heteroatoms. The van der Waals surface area contributed by atoms with Crippen LogP contribution in [0.1, 0.15) is 11.1 Å².